The molecule has 2 aromatic carbocycles. The van der Waals surface area contributed by atoms with Crippen molar-refractivity contribution in [2.24, 2.45) is 0 Å². The Labute approximate surface area is 128 Å². The predicted octanol–water partition coefficient (Wildman–Crippen LogP) is 4.50. The second kappa shape index (κ2) is 7.84. The van der Waals surface area contributed by atoms with Crippen molar-refractivity contribution < 1.29 is 4.74 Å². The van der Waals surface area contributed by atoms with E-state index in [-0.39, 0.29) is 0 Å². The van der Waals surface area contributed by atoms with Gasteiger partial charge in [-0.2, -0.15) is 0 Å². The summed E-state index contributed by atoms with van der Waals surface area (Å²) in [7, 11) is 0. The van der Waals surface area contributed by atoms with E-state index in [2.05, 4.69) is 55.6 Å². The lowest BCUT2D eigenvalue weighted by molar-refractivity contribution is 0.339. The zero-order valence-electron chi connectivity index (χ0n) is 13.2. The Morgan fingerprint density at radius 2 is 1.76 bits per heavy atom. The molecular formula is C19H25NO. The molecule has 2 nitrogen and oxygen atoms in total. The van der Waals surface area contributed by atoms with Crippen LogP contribution in [0.3, 0.4) is 0 Å². The van der Waals surface area contributed by atoms with Crippen molar-refractivity contribution in [3.8, 4) is 5.75 Å². The third kappa shape index (κ3) is 4.61. The quantitative estimate of drug-likeness (QED) is 0.808. The Balaban J connectivity index is 1.93. The summed E-state index contributed by atoms with van der Waals surface area (Å²) >= 11 is 0. The lowest BCUT2D eigenvalue weighted by atomic mass is 10.0. The average Bonchev–Trinajstić information content (AvgIpc) is 2.53. The molecule has 0 aromatic heterocycles. The van der Waals surface area contributed by atoms with Crippen LogP contribution in [0.2, 0.25) is 0 Å². The second-order valence-corrected chi connectivity index (χ2v) is 5.28. The molecule has 112 valence electrons. The summed E-state index contributed by atoms with van der Waals surface area (Å²) in [6, 6.07) is 17.5. The van der Waals surface area contributed by atoms with E-state index in [0.717, 1.165) is 18.7 Å². The highest BCUT2D eigenvalue weighted by atomic mass is 16.5. The SMILES string of the molecule is CCOc1cccc(CNC(C)c2ccc(CC)cc2)c1. The molecule has 2 rings (SSSR count). The van der Waals surface area contributed by atoms with Crippen LogP contribution in [0.4, 0.5) is 0 Å². The molecule has 0 saturated carbocycles. The standard InChI is InChI=1S/C19H25NO/c1-4-16-9-11-18(12-10-16)15(3)20-14-17-7-6-8-19(13-17)21-5-2/h6-13,15,20H,4-5,14H2,1-3H3. The fourth-order valence-electron chi connectivity index (χ4n) is 2.34. The van der Waals surface area contributed by atoms with Crippen LogP contribution in [0.1, 0.15) is 43.5 Å². The number of ether oxygens (including phenoxy) is 1. The van der Waals surface area contributed by atoms with Crippen LogP contribution in [0, 0.1) is 0 Å². The number of benzene rings is 2. The molecule has 0 aliphatic rings. The van der Waals surface area contributed by atoms with E-state index >= 15 is 0 Å². The van der Waals surface area contributed by atoms with Gasteiger partial charge in [-0.15, -0.1) is 0 Å². The first kappa shape index (κ1) is 15.6. The minimum atomic E-state index is 0.339. The molecule has 1 unspecified atom stereocenters. The normalized spacial score (nSPS) is 12.1. The van der Waals surface area contributed by atoms with Gasteiger partial charge in [0.15, 0.2) is 0 Å². The molecule has 0 spiro atoms. The van der Waals surface area contributed by atoms with Gasteiger partial charge in [0, 0.05) is 12.6 Å². The van der Waals surface area contributed by atoms with Crippen LogP contribution in [-0.4, -0.2) is 6.61 Å². The zero-order valence-corrected chi connectivity index (χ0v) is 13.2. The van der Waals surface area contributed by atoms with Gasteiger partial charge in [0.25, 0.3) is 0 Å². The van der Waals surface area contributed by atoms with Crippen molar-refractivity contribution in [1.29, 1.82) is 0 Å². The minimum absolute atomic E-state index is 0.339. The average molecular weight is 283 g/mol. The second-order valence-electron chi connectivity index (χ2n) is 5.28. The van der Waals surface area contributed by atoms with Gasteiger partial charge in [0.1, 0.15) is 5.75 Å². The molecule has 0 heterocycles. The lowest BCUT2D eigenvalue weighted by Crippen LogP contribution is -2.18. The van der Waals surface area contributed by atoms with E-state index < -0.39 is 0 Å². The molecule has 1 atom stereocenters. The fourth-order valence-corrected chi connectivity index (χ4v) is 2.34. The van der Waals surface area contributed by atoms with E-state index in [1.165, 1.54) is 16.7 Å². The summed E-state index contributed by atoms with van der Waals surface area (Å²) in [5.74, 6) is 0.941. The van der Waals surface area contributed by atoms with Crippen LogP contribution in [0.15, 0.2) is 48.5 Å². The third-order valence-electron chi connectivity index (χ3n) is 3.71. The van der Waals surface area contributed by atoms with E-state index in [9.17, 15) is 0 Å². The molecule has 0 amide bonds. The van der Waals surface area contributed by atoms with Gasteiger partial charge in [-0.1, -0.05) is 43.3 Å². The Morgan fingerprint density at radius 3 is 2.43 bits per heavy atom. The van der Waals surface area contributed by atoms with Gasteiger partial charge < -0.3 is 10.1 Å². The van der Waals surface area contributed by atoms with Crippen molar-refractivity contribution in [1.82, 2.24) is 5.32 Å². The number of hydrogen-bond donors (Lipinski definition) is 1. The van der Waals surface area contributed by atoms with Crippen molar-refractivity contribution in [2.45, 2.75) is 39.8 Å². The first-order chi connectivity index (χ1) is 10.2. The maximum atomic E-state index is 5.54. The monoisotopic (exact) mass is 283 g/mol. The third-order valence-corrected chi connectivity index (χ3v) is 3.71. The van der Waals surface area contributed by atoms with Crippen LogP contribution in [-0.2, 0) is 13.0 Å². The van der Waals surface area contributed by atoms with Gasteiger partial charge in [-0.25, -0.2) is 0 Å². The molecular weight excluding hydrogens is 258 g/mol. The van der Waals surface area contributed by atoms with E-state index in [0.29, 0.717) is 12.6 Å². The Morgan fingerprint density at radius 1 is 1.00 bits per heavy atom. The van der Waals surface area contributed by atoms with Crippen LogP contribution < -0.4 is 10.1 Å². The van der Waals surface area contributed by atoms with Crippen molar-refractivity contribution in [3.63, 3.8) is 0 Å². The number of hydrogen-bond acceptors (Lipinski definition) is 2. The summed E-state index contributed by atoms with van der Waals surface area (Å²) in [4.78, 5) is 0. The molecule has 0 aliphatic carbocycles. The highest BCUT2D eigenvalue weighted by Gasteiger charge is 2.05. The summed E-state index contributed by atoms with van der Waals surface area (Å²) in [6.07, 6.45) is 1.09. The number of rotatable bonds is 7. The summed E-state index contributed by atoms with van der Waals surface area (Å²) in [6.45, 7) is 7.94. The van der Waals surface area contributed by atoms with Crippen LogP contribution >= 0.6 is 0 Å². The first-order valence-electron chi connectivity index (χ1n) is 7.77. The number of nitrogens with one attached hydrogen (secondary N) is 1. The molecule has 2 heteroatoms. The van der Waals surface area contributed by atoms with Gasteiger partial charge in [0.05, 0.1) is 6.61 Å². The maximum Gasteiger partial charge on any atom is 0.119 e. The van der Waals surface area contributed by atoms with Gasteiger partial charge in [-0.3, -0.25) is 0 Å². The molecule has 2 aromatic rings. The predicted molar refractivity (Wildman–Crippen MR) is 88.7 cm³/mol. The molecule has 0 radical (unpaired) electrons. The highest BCUT2D eigenvalue weighted by molar-refractivity contribution is 5.29. The van der Waals surface area contributed by atoms with Gasteiger partial charge in [-0.05, 0) is 49.1 Å². The van der Waals surface area contributed by atoms with E-state index in [1.54, 1.807) is 0 Å². The van der Waals surface area contributed by atoms with Crippen molar-refractivity contribution >= 4 is 0 Å². The fraction of sp³-hybridized carbons (Fsp3) is 0.368. The zero-order chi connectivity index (χ0) is 15.1. The molecule has 0 aliphatic heterocycles. The summed E-state index contributed by atoms with van der Waals surface area (Å²) in [5.41, 5.74) is 3.96. The van der Waals surface area contributed by atoms with E-state index in [1.807, 2.05) is 19.1 Å². The smallest absolute Gasteiger partial charge is 0.119 e. The van der Waals surface area contributed by atoms with Crippen molar-refractivity contribution in [3.05, 3.63) is 65.2 Å². The van der Waals surface area contributed by atoms with Crippen LogP contribution in [0.5, 0.6) is 5.75 Å². The Hall–Kier alpha value is -1.80. The van der Waals surface area contributed by atoms with E-state index in [4.69, 9.17) is 4.74 Å². The largest absolute Gasteiger partial charge is 0.494 e. The molecule has 0 saturated heterocycles. The highest BCUT2D eigenvalue weighted by Crippen LogP contribution is 2.17. The molecule has 1 N–H and O–H groups in total. The van der Waals surface area contributed by atoms with Crippen LogP contribution in [0.25, 0.3) is 0 Å². The van der Waals surface area contributed by atoms with Crippen molar-refractivity contribution in [2.75, 3.05) is 6.61 Å². The molecule has 0 bridgehead atoms. The minimum Gasteiger partial charge on any atom is -0.494 e. The summed E-state index contributed by atoms with van der Waals surface area (Å²) < 4.78 is 5.54. The topological polar surface area (TPSA) is 21.3 Å². The number of aryl methyl sites for hydroxylation is 1. The lowest BCUT2D eigenvalue weighted by Gasteiger charge is -2.15. The van der Waals surface area contributed by atoms with Gasteiger partial charge in [0.2, 0.25) is 0 Å². The molecule has 0 fully saturated rings. The maximum absolute atomic E-state index is 5.54. The Bertz CT molecular complexity index is 548. The van der Waals surface area contributed by atoms with Gasteiger partial charge >= 0.3 is 0 Å². The Kier molecular flexibility index (Phi) is 5.82. The first-order valence-corrected chi connectivity index (χ1v) is 7.77. The summed E-state index contributed by atoms with van der Waals surface area (Å²) in [5, 5.41) is 3.57. The molecule has 21 heavy (non-hydrogen) atoms.